The number of fused-ring (bicyclic) bond motifs is 1. The molecule has 6 nitrogen and oxygen atoms in total. The summed E-state index contributed by atoms with van der Waals surface area (Å²) in [4.78, 5) is 7.87. The minimum Gasteiger partial charge on any atom is -0.492 e. The fourth-order valence-electron chi connectivity index (χ4n) is 2.92. The summed E-state index contributed by atoms with van der Waals surface area (Å²) in [6.45, 7) is 2.83. The minimum atomic E-state index is -0.155. The lowest BCUT2D eigenvalue weighted by Gasteiger charge is -2.34. The highest BCUT2D eigenvalue weighted by Crippen LogP contribution is 2.41. The summed E-state index contributed by atoms with van der Waals surface area (Å²) in [5, 5.41) is 15.7. The molecule has 1 aliphatic rings. The molecule has 0 radical (unpaired) electrons. The Kier molecular flexibility index (Phi) is 4.36. The Morgan fingerprint density at radius 1 is 1.21 bits per heavy atom. The van der Waals surface area contributed by atoms with Crippen LogP contribution in [-0.4, -0.2) is 50.9 Å². The number of hydrogen-bond donors (Lipinski definition) is 1. The highest BCUT2D eigenvalue weighted by atomic mass is 35.5. The average molecular weight is 385 g/mol. The van der Waals surface area contributed by atoms with Crippen LogP contribution >= 0.6 is 34.5 Å². The summed E-state index contributed by atoms with van der Waals surface area (Å²) < 4.78 is 6.91. The molecule has 126 valence electrons. The van der Waals surface area contributed by atoms with Gasteiger partial charge in [0.25, 0.3) is 0 Å². The zero-order valence-corrected chi connectivity index (χ0v) is 14.9. The van der Waals surface area contributed by atoms with E-state index in [0.29, 0.717) is 28.2 Å². The first-order valence-corrected chi connectivity index (χ1v) is 9.00. The van der Waals surface area contributed by atoms with Crippen molar-refractivity contribution in [2.24, 2.45) is 0 Å². The largest absolute Gasteiger partial charge is 0.492 e. The molecular weight excluding hydrogens is 371 g/mol. The Bertz CT molecular complexity index is 876. The SMILES string of the molecule is Oc1c(C(c2ccc(Cl)c(Cl)c2)N2CCOCC2)sc2ncnn12. The van der Waals surface area contributed by atoms with Gasteiger partial charge in [0.15, 0.2) is 0 Å². The van der Waals surface area contributed by atoms with E-state index in [4.69, 9.17) is 27.9 Å². The van der Waals surface area contributed by atoms with Crippen LogP contribution in [0.25, 0.3) is 4.96 Å². The molecule has 0 bridgehead atoms. The number of thiazole rings is 1. The maximum absolute atomic E-state index is 10.6. The van der Waals surface area contributed by atoms with Crippen molar-refractivity contribution in [1.29, 1.82) is 0 Å². The van der Waals surface area contributed by atoms with Crippen molar-refractivity contribution >= 4 is 39.5 Å². The van der Waals surface area contributed by atoms with Crippen LogP contribution in [0.2, 0.25) is 10.0 Å². The van der Waals surface area contributed by atoms with Crippen molar-refractivity contribution < 1.29 is 9.84 Å². The lowest BCUT2D eigenvalue weighted by molar-refractivity contribution is 0.0241. The van der Waals surface area contributed by atoms with Crippen molar-refractivity contribution in [2.45, 2.75) is 6.04 Å². The number of ether oxygens (including phenoxy) is 1. The van der Waals surface area contributed by atoms with E-state index in [2.05, 4.69) is 15.0 Å². The normalized spacial score (nSPS) is 17.4. The van der Waals surface area contributed by atoms with E-state index in [0.717, 1.165) is 23.5 Å². The lowest BCUT2D eigenvalue weighted by Crippen LogP contribution is -2.39. The van der Waals surface area contributed by atoms with Gasteiger partial charge in [0.05, 0.1) is 34.2 Å². The molecular formula is C15H14Cl2N4O2S. The Morgan fingerprint density at radius 2 is 2.00 bits per heavy atom. The molecule has 1 N–H and O–H groups in total. The summed E-state index contributed by atoms with van der Waals surface area (Å²) in [6.07, 6.45) is 1.43. The molecule has 1 aromatic carbocycles. The summed E-state index contributed by atoms with van der Waals surface area (Å²) in [5.41, 5.74) is 0.964. The number of morpholine rings is 1. The molecule has 1 saturated heterocycles. The van der Waals surface area contributed by atoms with Gasteiger partial charge in [-0.2, -0.15) is 9.61 Å². The van der Waals surface area contributed by atoms with Gasteiger partial charge in [-0.1, -0.05) is 40.6 Å². The lowest BCUT2D eigenvalue weighted by atomic mass is 10.0. The zero-order chi connectivity index (χ0) is 16.7. The van der Waals surface area contributed by atoms with Gasteiger partial charge in [-0.15, -0.1) is 0 Å². The predicted octanol–water partition coefficient (Wildman–Crippen LogP) is 3.22. The number of aromatic hydroxyl groups is 1. The van der Waals surface area contributed by atoms with Gasteiger partial charge in [-0.3, -0.25) is 4.90 Å². The van der Waals surface area contributed by atoms with Gasteiger partial charge in [-0.25, -0.2) is 4.98 Å². The van der Waals surface area contributed by atoms with E-state index in [1.54, 1.807) is 6.07 Å². The van der Waals surface area contributed by atoms with Crippen molar-refractivity contribution in [3.05, 3.63) is 45.0 Å². The first-order valence-electron chi connectivity index (χ1n) is 7.43. The second-order valence-corrected chi connectivity index (χ2v) is 7.29. The molecule has 4 rings (SSSR count). The molecule has 3 aromatic rings. The Hall–Kier alpha value is -1.38. The highest BCUT2D eigenvalue weighted by Gasteiger charge is 2.30. The third-order valence-corrected chi connectivity index (χ3v) is 5.88. The van der Waals surface area contributed by atoms with E-state index < -0.39 is 0 Å². The summed E-state index contributed by atoms with van der Waals surface area (Å²) in [6, 6.07) is 5.40. The van der Waals surface area contributed by atoms with E-state index in [9.17, 15) is 5.11 Å². The Labute approximate surface area is 152 Å². The predicted molar refractivity (Wildman–Crippen MR) is 93.2 cm³/mol. The van der Waals surface area contributed by atoms with E-state index in [1.807, 2.05) is 12.1 Å². The molecule has 1 atom stereocenters. The summed E-state index contributed by atoms with van der Waals surface area (Å²) >= 11 is 13.7. The molecule has 2 aromatic heterocycles. The second kappa shape index (κ2) is 6.50. The first-order chi connectivity index (χ1) is 11.6. The quantitative estimate of drug-likeness (QED) is 0.750. The standard InChI is InChI=1S/C15H14Cl2N4O2S/c16-10-2-1-9(7-11(10)17)12(20-3-5-23-6-4-20)13-14(22)21-15(24-13)18-8-19-21/h1-2,7-8,12,22H,3-6H2. The molecule has 1 fully saturated rings. The van der Waals surface area contributed by atoms with Crippen LogP contribution in [0.5, 0.6) is 5.88 Å². The van der Waals surface area contributed by atoms with E-state index in [-0.39, 0.29) is 11.9 Å². The van der Waals surface area contributed by atoms with Crippen molar-refractivity contribution in [2.75, 3.05) is 26.3 Å². The Balaban J connectivity index is 1.84. The molecule has 0 saturated carbocycles. The summed E-state index contributed by atoms with van der Waals surface area (Å²) in [7, 11) is 0. The second-order valence-electron chi connectivity index (χ2n) is 5.47. The average Bonchev–Trinajstić information content (AvgIpc) is 3.16. The van der Waals surface area contributed by atoms with Crippen LogP contribution < -0.4 is 0 Å². The van der Waals surface area contributed by atoms with Crippen LogP contribution in [0.4, 0.5) is 0 Å². The smallest absolute Gasteiger partial charge is 0.230 e. The topological polar surface area (TPSA) is 62.9 Å². The minimum absolute atomic E-state index is 0.107. The van der Waals surface area contributed by atoms with E-state index >= 15 is 0 Å². The fourth-order valence-corrected chi connectivity index (χ4v) is 4.32. The molecule has 0 amide bonds. The van der Waals surface area contributed by atoms with Crippen molar-refractivity contribution in [3.8, 4) is 5.88 Å². The molecule has 24 heavy (non-hydrogen) atoms. The third kappa shape index (κ3) is 2.76. The van der Waals surface area contributed by atoms with Crippen LogP contribution in [0.1, 0.15) is 16.5 Å². The highest BCUT2D eigenvalue weighted by molar-refractivity contribution is 7.17. The maximum atomic E-state index is 10.6. The number of nitrogens with zero attached hydrogens (tertiary/aromatic N) is 4. The number of benzene rings is 1. The molecule has 1 aliphatic heterocycles. The number of hydrogen-bond acceptors (Lipinski definition) is 6. The molecule has 0 spiro atoms. The summed E-state index contributed by atoms with van der Waals surface area (Å²) in [5.74, 6) is 0.107. The van der Waals surface area contributed by atoms with Gasteiger partial charge >= 0.3 is 0 Å². The van der Waals surface area contributed by atoms with Crippen LogP contribution in [0, 0.1) is 0 Å². The van der Waals surface area contributed by atoms with Gasteiger partial charge < -0.3 is 9.84 Å². The van der Waals surface area contributed by atoms with Gasteiger partial charge in [-0.05, 0) is 17.7 Å². The van der Waals surface area contributed by atoms with Gasteiger partial charge in [0, 0.05) is 13.1 Å². The monoisotopic (exact) mass is 384 g/mol. The van der Waals surface area contributed by atoms with Gasteiger partial charge in [0.1, 0.15) is 6.33 Å². The van der Waals surface area contributed by atoms with Crippen molar-refractivity contribution in [3.63, 3.8) is 0 Å². The van der Waals surface area contributed by atoms with E-state index in [1.165, 1.54) is 22.2 Å². The number of rotatable bonds is 3. The zero-order valence-electron chi connectivity index (χ0n) is 12.5. The van der Waals surface area contributed by atoms with Crippen LogP contribution in [0.3, 0.4) is 0 Å². The first kappa shape index (κ1) is 16.1. The molecule has 3 heterocycles. The van der Waals surface area contributed by atoms with Crippen LogP contribution in [0.15, 0.2) is 24.5 Å². The fraction of sp³-hybridized carbons (Fsp3) is 0.333. The van der Waals surface area contributed by atoms with Crippen molar-refractivity contribution in [1.82, 2.24) is 19.5 Å². The Morgan fingerprint density at radius 3 is 2.71 bits per heavy atom. The maximum Gasteiger partial charge on any atom is 0.230 e. The third-order valence-electron chi connectivity index (χ3n) is 4.06. The number of halogens is 2. The van der Waals surface area contributed by atoms with Crippen LogP contribution in [-0.2, 0) is 4.74 Å². The van der Waals surface area contributed by atoms with Gasteiger partial charge in [0.2, 0.25) is 10.8 Å². The molecule has 9 heteroatoms. The molecule has 1 unspecified atom stereocenters. The number of aromatic nitrogens is 3. The molecule has 0 aliphatic carbocycles.